The van der Waals surface area contributed by atoms with Crippen LogP contribution in [0, 0.1) is 0 Å². The Morgan fingerprint density at radius 2 is 1.74 bits per heavy atom. The van der Waals surface area contributed by atoms with E-state index in [9.17, 15) is 0 Å². The Balaban J connectivity index is 0.00000133. The Hall–Kier alpha value is -1.27. The molecular weight excluding hydrogens is 267 g/mol. The zero-order valence-corrected chi connectivity index (χ0v) is 13.2. The predicted octanol–water partition coefficient (Wildman–Crippen LogP) is -0.761. The average Bonchev–Trinajstić information content (AvgIpc) is 2.83. The first-order valence-electron chi connectivity index (χ1n) is 5.44. The number of hydrogen-bond acceptors (Lipinski definition) is 4. The molecule has 0 saturated heterocycles. The Kier molecular flexibility index (Phi) is 4.66. The van der Waals surface area contributed by atoms with Gasteiger partial charge in [0.15, 0.2) is 5.82 Å². The van der Waals surface area contributed by atoms with Crippen molar-refractivity contribution in [2.45, 2.75) is 5.16 Å². The fraction of sp³-hybridized carbons (Fsp3) is 0. The van der Waals surface area contributed by atoms with Crippen LogP contribution in [0.2, 0.25) is 0 Å². The molecule has 0 aliphatic heterocycles. The van der Waals surface area contributed by atoms with Crippen molar-refractivity contribution in [3.8, 4) is 17.1 Å². The topological polar surface area (TPSA) is 43.6 Å². The number of rotatable bonds is 2. The summed E-state index contributed by atoms with van der Waals surface area (Å²) in [5, 5.41) is 8.54. The molecule has 1 aromatic carbocycles. The van der Waals surface area contributed by atoms with Gasteiger partial charge in [0.2, 0.25) is 0 Å². The minimum Gasteiger partial charge on any atom is -0.740 e. The van der Waals surface area contributed by atoms with Gasteiger partial charge in [-0.2, -0.15) is 5.10 Å². The summed E-state index contributed by atoms with van der Waals surface area (Å²) in [5.41, 5.74) is 1.84. The van der Waals surface area contributed by atoms with E-state index in [4.69, 9.17) is 12.6 Å². The van der Waals surface area contributed by atoms with Crippen molar-refractivity contribution in [1.29, 1.82) is 0 Å². The van der Waals surface area contributed by atoms with Gasteiger partial charge >= 0.3 is 29.6 Å². The largest absolute Gasteiger partial charge is 1.00 e. The average molecular weight is 276 g/mol. The van der Waals surface area contributed by atoms with E-state index in [-0.39, 0.29) is 29.6 Å². The number of nitrogens with zero attached hydrogens (tertiary/aromatic N) is 4. The molecule has 0 atom stereocenters. The molecular formula is C13H9N4NaS. The normalized spacial score (nSPS) is 9.89. The van der Waals surface area contributed by atoms with Crippen molar-refractivity contribution < 1.29 is 29.6 Å². The van der Waals surface area contributed by atoms with Crippen molar-refractivity contribution in [2.75, 3.05) is 0 Å². The maximum Gasteiger partial charge on any atom is 1.00 e. The van der Waals surface area contributed by atoms with Crippen molar-refractivity contribution in [3.05, 3.63) is 54.9 Å². The molecule has 0 radical (unpaired) electrons. The fourth-order valence-electron chi connectivity index (χ4n) is 1.76. The molecule has 19 heavy (non-hydrogen) atoms. The summed E-state index contributed by atoms with van der Waals surface area (Å²) >= 11 is 5.22. The van der Waals surface area contributed by atoms with E-state index in [1.807, 2.05) is 47.0 Å². The summed E-state index contributed by atoms with van der Waals surface area (Å²) in [5.74, 6) is 0.708. The van der Waals surface area contributed by atoms with Gasteiger partial charge in [-0.25, -0.2) is 0 Å². The van der Waals surface area contributed by atoms with Gasteiger partial charge in [0, 0.05) is 28.8 Å². The Bertz CT molecular complexity index is 655. The molecule has 2 aromatic heterocycles. The molecule has 0 spiro atoms. The zero-order chi connectivity index (χ0) is 12.4. The van der Waals surface area contributed by atoms with Crippen LogP contribution in [0.1, 0.15) is 0 Å². The fourth-order valence-corrected chi connectivity index (χ4v) is 1.99. The summed E-state index contributed by atoms with van der Waals surface area (Å²) in [6, 6.07) is 13.6. The van der Waals surface area contributed by atoms with Crippen LogP contribution in [0.3, 0.4) is 0 Å². The Labute approximate surface area is 138 Å². The van der Waals surface area contributed by atoms with Crippen molar-refractivity contribution in [1.82, 2.24) is 19.7 Å². The molecule has 0 aliphatic carbocycles. The summed E-state index contributed by atoms with van der Waals surface area (Å²) in [7, 11) is 0. The molecule has 0 aliphatic rings. The molecule has 0 bridgehead atoms. The van der Waals surface area contributed by atoms with Crippen LogP contribution in [0.4, 0.5) is 0 Å². The second-order valence-electron chi connectivity index (χ2n) is 3.72. The van der Waals surface area contributed by atoms with Crippen molar-refractivity contribution >= 4 is 12.6 Å². The minimum absolute atomic E-state index is 0. The molecule has 0 saturated carbocycles. The van der Waals surface area contributed by atoms with Crippen LogP contribution in [0.5, 0.6) is 0 Å². The van der Waals surface area contributed by atoms with Gasteiger partial charge in [0.25, 0.3) is 0 Å². The molecule has 0 fully saturated rings. The van der Waals surface area contributed by atoms with Crippen molar-refractivity contribution in [3.63, 3.8) is 0 Å². The van der Waals surface area contributed by atoms with E-state index in [2.05, 4.69) is 15.2 Å². The molecule has 6 heteroatoms. The van der Waals surface area contributed by atoms with Gasteiger partial charge in [-0.15, -0.1) is 5.10 Å². The summed E-state index contributed by atoms with van der Waals surface area (Å²) in [4.78, 5) is 4.09. The summed E-state index contributed by atoms with van der Waals surface area (Å²) < 4.78 is 1.84. The van der Waals surface area contributed by atoms with Gasteiger partial charge in [-0.3, -0.25) is 9.55 Å². The van der Waals surface area contributed by atoms with Gasteiger partial charge in [0.1, 0.15) is 0 Å². The molecule has 88 valence electrons. The molecule has 0 amide bonds. The minimum atomic E-state index is 0. The molecule has 2 heterocycles. The van der Waals surface area contributed by atoms with E-state index in [1.165, 1.54) is 0 Å². The van der Waals surface area contributed by atoms with E-state index in [0.717, 1.165) is 11.3 Å². The molecule has 3 aromatic rings. The first-order valence-corrected chi connectivity index (χ1v) is 5.85. The number of benzene rings is 1. The summed E-state index contributed by atoms with van der Waals surface area (Å²) in [6.07, 6.45) is 3.47. The van der Waals surface area contributed by atoms with Crippen molar-refractivity contribution in [2.24, 2.45) is 0 Å². The first-order chi connectivity index (χ1) is 8.86. The molecule has 3 rings (SSSR count). The SMILES string of the molecule is [Na+].[S-]c1nnc(-c2cccnc2)n1-c1ccccc1. The number of aromatic nitrogens is 4. The zero-order valence-electron chi connectivity index (χ0n) is 10.4. The third kappa shape index (κ3) is 2.84. The standard InChI is InChI=1S/C13H10N4S.Na/c18-13-16-15-12(10-5-4-8-14-9-10)17(13)11-6-2-1-3-7-11;/h1-9H,(H,16,18);/q;+1/p-1. The first kappa shape index (κ1) is 14.1. The maximum absolute atomic E-state index is 5.22. The maximum atomic E-state index is 5.22. The van der Waals surface area contributed by atoms with E-state index >= 15 is 0 Å². The quantitative estimate of drug-likeness (QED) is 0.456. The van der Waals surface area contributed by atoms with E-state index < -0.39 is 0 Å². The molecule has 0 unspecified atom stereocenters. The number of hydrogen-bond donors (Lipinski definition) is 0. The van der Waals surface area contributed by atoms with Gasteiger partial charge < -0.3 is 12.6 Å². The number of para-hydroxylation sites is 1. The second-order valence-corrected chi connectivity index (χ2v) is 4.08. The number of pyridine rings is 1. The van der Waals surface area contributed by atoms with Gasteiger partial charge in [-0.05, 0) is 24.3 Å². The van der Waals surface area contributed by atoms with Gasteiger partial charge in [0.05, 0.1) is 0 Å². The van der Waals surface area contributed by atoms with Crippen LogP contribution < -0.4 is 29.6 Å². The van der Waals surface area contributed by atoms with Crippen LogP contribution in [0.15, 0.2) is 60.0 Å². The Morgan fingerprint density at radius 3 is 2.42 bits per heavy atom. The summed E-state index contributed by atoms with van der Waals surface area (Å²) in [6.45, 7) is 0. The third-order valence-electron chi connectivity index (χ3n) is 2.57. The molecule has 0 N–H and O–H groups in total. The van der Waals surface area contributed by atoms with Gasteiger partial charge in [-0.1, -0.05) is 18.2 Å². The smallest absolute Gasteiger partial charge is 0.740 e. The Morgan fingerprint density at radius 1 is 0.947 bits per heavy atom. The van der Waals surface area contributed by atoms with E-state index in [1.54, 1.807) is 12.4 Å². The molecule has 4 nitrogen and oxygen atoms in total. The van der Waals surface area contributed by atoms with Crippen LogP contribution in [-0.4, -0.2) is 19.7 Å². The second kappa shape index (κ2) is 6.25. The monoisotopic (exact) mass is 276 g/mol. The van der Waals surface area contributed by atoms with Crippen LogP contribution in [-0.2, 0) is 12.6 Å². The predicted molar refractivity (Wildman–Crippen MR) is 70.2 cm³/mol. The van der Waals surface area contributed by atoms with Crippen LogP contribution in [0.25, 0.3) is 17.1 Å². The van der Waals surface area contributed by atoms with E-state index in [0.29, 0.717) is 11.0 Å². The third-order valence-corrected chi connectivity index (χ3v) is 2.83. The van der Waals surface area contributed by atoms with Crippen LogP contribution >= 0.6 is 0 Å².